The fourth-order valence-corrected chi connectivity index (χ4v) is 3.46. The number of nitrogens with zero attached hydrogens (tertiary/aromatic N) is 3. The van der Waals surface area contributed by atoms with Crippen LogP contribution in [0.3, 0.4) is 0 Å². The fraction of sp³-hybridized carbons (Fsp3) is 0. The average molecular weight is 394 g/mol. The molecule has 126 valence electrons. The first-order valence-electron chi connectivity index (χ1n) is 6.74. The molecule has 0 atom stereocenters. The van der Waals surface area contributed by atoms with Crippen molar-refractivity contribution in [2.45, 2.75) is 0 Å². The van der Waals surface area contributed by atoms with E-state index in [9.17, 15) is 20.0 Å². The first-order valence-corrected chi connectivity index (χ1v) is 8.34. The predicted molar refractivity (Wildman–Crippen MR) is 99.7 cm³/mol. The van der Waals surface area contributed by atoms with Crippen LogP contribution < -0.4 is 4.90 Å². The number of halogens is 1. The number of aromatic hydroxyl groups is 1. The Morgan fingerprint density at radius 3 is 2.76 bits per heavy atom. The summed E-state index contributed by atoms with van der Waals surface area (Å²) in [6.45, 7) is 0. The first-order chi connectivity index (χ1) is 11.9. The summed E-state index contributed by atoms with van der Waals surface area (Å²) in [5, 5.41) is 21.2. The molecule has 1 N–H and O–H groups in total. The maximum atomic E-state index is 12.6. The Hall–Kier alpha value is -2.49. The lowest BCUT2D eigenvalue weighted by molar-refractivity contribution is -0.384. The second kappa shape index (κ2) is 6.79. The third kappa shape index (κ3) is 3.48. The Balaban J connectivity index is 1.97. The highest BCUT2D eigenvalue weighted by Gasteiger charge is 2.34. The van der Waals surface area contributed by atoms with Gasteiger partial charge in [-0.1, -0.05) is 35.6 Å². The molecular formula is C15H8ClN3O4S2. The van der Waals surface area contributed by atoms with Crippen LogP contribution in [0.15, 0.2) is 41.4 Å². The van der Waals surface area contributed by atoms with Crippen molar-refractivity contribution in [1.82, 2.24) is 4.98 Å². The van der Waals surface area contributed by atoms with E-state index in [4.69, 9.17) is 23.8 Å². The Bertz CT molecular complexity index is 931. The van der Waals surface area contributed by atoms with Gasteiger partial charge in [-0.05, 0) is 24.3 Å². The van der Waals surface area contributed by atoms with Gasteiger partial charge in [-0.25, -0.2) is 9.88 Å². The lowest BCUT2D eigenvalue weighted by Crippen LogP contribution is -2.28. The summed E-state index contributed by atoms with van der Waals surface area (Å²) in [5.41, 5.74) is -0.0438. The summed E-state index contributed by atoms with van der Waals surface area (Å²) in [6.07, 6.45) is 2.75. The maximum Gasteiger partial charge on any atom is 0.271 e. The van der Waals surface area contributed by atoms with Crippen molar-refractivity contribution >= 4 is 63.4 Å². The van der Waals surface area contributed by atoms with Gasteiger partial charge >= 0.3 is 0 Å². The Kier molecular flexibility index (Phi) is 4.71. The molecule has 1 fully saturated rings. The van der Waals surface area contributed by atoms with E-state index in [0.717, 1.165) is 11.8 Å². The number of pyridine rings is 1. The summed E-state index contributed by atoms with van der Waals surface area (Å²) in [6, 6.07) is 6.70. The van der Waals surface area contributed by atoms with E-state index in [1.165, 1.54) is 35.4 Å². The average Bonchev–Trinajstić information content (AvgIpc) is 2.84. The molecule has 25 heavy (non-hydrogen) atoms. The Morgan fingerprint density at radius 2 is 2.12 bits per heavy atom. The number of aromatic nitrogens is 1. The SMILES string of the molecule is O=C1/C(=C/c2cc([N+](=O)[O-])ccc2O)SC(=S)N1c1ccc(Cl)cn1. The molecule has 0 bridgehead atoms. The second-order valence-electron chi connectivity index (χ2n) is 4.85. The number of amides is 1. The maximum absolute atomic E-state index is 12.6. The van der Waals surface area contributed by atoms with E-state index >= 15 is 0 Å². The monoisotopic (exact) mass is 393 g/mol. The van der Waals surface area contributed by atoms with E-state index in [2.05, 4.69) is 4.98 Å². The van der Waals surface area contributed by atoms with Gasteiger partial charge in [0.15, 0.2) is 4.32 Å². The van der Waals surface area contributed by atoms with Gasteiger partial charge in [-0.2, -0.15) is 0 Å². The summed E-state index contributed by atoms with van der Waals surface area (Å²) >= 11 is 12.0. The van der Waals surface area contributed by atoms with Crippen LogP contribution in [0.2, 0.25) is 5.02 Å². The molecule has 10 heteroatoms. The molecule has 2 aromatic rings. The van der Waals surface area contributed by atoms with Gasteiger partial charge in [0.1, 0.15) is 11.6 Å². The number of benzene rings is 1. The number of carbonyl (C=O) groups is 1. The third-order valence-electron chi connectivity index (χ3n) is 3.24. The fourth-order valence-electron chi connectivity index (χ4n) is 2.08. The van der Waals surface area contributed by atoms with Gasteiger partial charge < -0.3 is 5.11 Å². The van der Waals surface area contributed by atoms with E-state index in [1.807, 2.05) is 0 Å². The minimum Gasteiger partial charge on any atom is -0.507 e. The van der Waals surface area contributed by atoms with Crippen LogP contribution in [0.25, 0.3) is 6.08 Å². The van der Waals surface area contributed by atoms with Crippen molar-refractivity contribution in [2.75, 3.05) is 4.90 Å². The van der Waals surface area contributed by atoms with Crippen molar-refractivity contribution in [1.29, 1.82) is 0 Å². The van der Waals surface area contributed by atoms with Gasteiger partial charge in [0.25, 0.3) is 11.6 Å². The molecule has 3 rings (SSSR count). The van der Waals surface area contributed by atoms with E-state index in [1.54, 1.807) is 12.1 Å². The number of non-ortho nitro benzene ring substituents is 1. The third-order valence-corrected chi connectivity index (χ3v) is 4.77. The number of nitro benzene ring substituents is 1. The molecule has 1 aromatic carbocycles. The first kappa shape index (κ1) is 17.3. The van der Waals surface area contributed by atoms with Crippen molar-refractivity contribution in [3.8, 4) is 5.75 Å². The number of carbonyl (C=O) groups excluding carboxylic acids is 1. The van der Waals surface area contributed by atoms with Crippen molar-refractivity contribution in [2.24, 2.45) is 0 Å². The van der Waals surface area contributed by atoms with Crippen LogP contribution in [0, 0.1) is 10.1 Å². The predicted octanol–water partition coefficient (Wildman–Crippen LogP) is 3.75. The largest absolute Gasteiger partial charge is 0.507 e. The topological polar surface area (TPSA) is 96.6 Å². The second-order valence-corrected chi connectivity index (χ2v) is 6.96. The van der Waals surface area contributed by atoms with Crippen molar-refractivity contribution in [3.05, 3.63) is 62.1 Å². The summed E-state index contributed by atoms with van der Waals surface area (Å²) in [7, 11) is 0. The molecule has 0 radical (unpaired) electrons. The Morgan fingerprint density at radius 1 is 1.36 bits per heavy atom. The molecule has 0 unspecified atom stereocenters. The van der Waals surface area contributed by atoms with Gasteiger partial charge in [-0.3, -0.25) is 14.9 Å². The number of nitro groups is 1. The molecule has 1 aliphatic rings. The molecule has 2 heterocycles. The summed E-state index contributed by atoms with van der Waals surface area (Å²) in [5.74, 6) is -0.297. The molecular weight excluding hydrogens is 386 g/mol. The zero-order valence-corrected chi connectivity index (χ0v) is 14.6. The van der Waals surface area contributed by atoms with Gasteiger partial charge in [-0.15, -0.1) is 0 Å². The number of hydrogen-bond donors (Lipinski definition) is 1. The van der Waals surface area contributed by atoms with Gasteiger partial charge in [0.2, 0.25) is 0 Å². The molecule has 0 spiro atoms. The minimum atomic E-state index is -0.584. The zero-order valence-electron chi connectivity index (χ0n) is 12.2. The van der Waals surface area contributed by atoms with Crippen molar-refractivity contribution < 1.29 is 14.8 Å². The molecule has 7 nitrogen and oxygen atoms in total. The number of thiocarbonyl (C=S) groups is 1. The number of anilines is 1. The van der Waals surface area contributed by atoms with E-state index in [-0.39, 0.29) is 26.2 Å². The van der Waals surface area contributed by atoms with Crippen molar-refractivity contribution in [3.63, 3.8) is 0 Å². The molecule has 1 aromatic heterocycles. The lowest BCUT2D eigenvalue weighted by Gasteiger charge is -2.12. The highest BCUT2D eigenvalue weighted by molar-refractivity contribution is 8.27. The minimum absolute atomic E-state index is 0.152. The normalized spacial score (nSPS) is 15.9. The van der Waals surface area contributed by atoms with Gasteiger partial charge in [0.05, 0.1) is 14.9 Å². The smallest absolute Gasteiger partial charge is 0.271 e. The zero-order chi connectivity index (χ0) is 18.1. The van der Waals surface area contributed by atoms with E-state index < -0.39 is 10.8 Å². The van der Waals surface area contributed by atoms with Crippen LogP contribution in [0.4, 0.5) is 11.5 Å². The highest BCUT2D eigenvalue weighted by atomic mass is 35.5. The molecule has 0 saturated carbocycles. The van der Waals surface area contributed by atoms with Crippen LogP contribution in [-0.4, -0.2) is 25.2 Å². The number of hydrogen-bond acceptors (Lipinski definition) is 7. The van der Waals surface area contributed by atoms with Gasteiger partial charge in [0, 0.05) is 23.9 Å². The molecule has 0 aliphatic carbocycles. The lowest BCUT2D eigenvalue weighted by atomic mass is 10.1. The number of phenolic OH excluding ortho intramolecular Hbond substituents is 1. The highest BCUT2D eigenvalue weighted by Crippen LogP contribution is 2.37. The number of rotatable bonds is 3. The Labute approximate surface area is 156 Å². The summed E-state index contributed by atoms with van der Waals surface area (Å²) in [4.78, 5) is 28.4. The van der Waals surface area contributed by atoms with Crippen LogP contribution in [-0.2, 0) is 4.79 Å². The van der Waals surface area contributed by atoms with E-state index in [0.29, 0.717) is 10.8 Å². The molecule has 1 aliphatic heterocycles. The number of thioether (sulfide) groups is 1. The molecule has 1 amide bonds. The van der Waals surface area contributed by atoms with Crippen LogP contribution in [0.1, 0.15) is 5.56 Å². The summed E-state index contributed by atoms with van der Waals surface area (Å²) < 4.78 is 0.260. The number of phenols is 1. The van der Waals surface area contributed by atoms with Crippen LogP contribution in [0.5, 0.6) is 5.75 Å². The molecule has 1 saturated heterocycles. The van der Waals surface area contributed by atoms with Crippen LogP contribution >= 0.6 is 35.6 Å². The standard InChI is InChI=1S/C15H8ClN3O4S2/c16-9-1-4-13(17-7-9)18-14(21)12(25-15(18)24)6-8-5-10(19(22)23)2-3-11(8)20/h1-7,20H/b12-6-. The quantitative estimate of drug-likeness (QED) is 0.367.